The van der Waals surface area contributed by atoms with Crippen molar-refractivity contribution in [1.29, 1.82) is 0 Å². The van der Waals surface area contributed by atoms with Crippen LogP contribution >= 0.6 is 28.5 Å². The fourth-order valence-electron chi connectivity index (χ4n) is 1.64. The molecule has 1 aromatic rings. The molecule has 1 aliphatic rings. The van der Waals surface area contributed by atoms with Gasteiger partial charge in [-0.2, -0.15) is 0 Å². The van der Waals surface area contributed by atoms with E-state index in [1.165, 1.54) is 16.7 Å². The van der Waals surface area contributed by atoms with Crippen molar-refractivity contribution < 1.29 is 9.26 Å². The molecular formula is C11H12IO2P. The van der Waals surface area contributed by atoms with Crippen LogP contribution in [0.3, 0.4) is 0 Å². The van der Waals surface area contributed by atoms with E-state index in [1.807, 2.05) is 0 Å². The summed E-state index contributed by atoms with van der Waals surface area (Å²) >= 11 is 2.24. The Kier molecular flexibility index (Phi) is 4.57. The van der Waals surface area contributed by atoms with Gasteiger partial charge in [0.25, 0.3) is 0 Å². The van der Waals surface area contributed by atoms with E-state index < -0.39 is 0 Å². The van der Waals surface area contributed by atoms with Gasteiger partial charge in [-0.15, -0.1) is 0 Å². The molecule has 0 fully saturated rings. The Morgan fingerprint density at radius 2 is 2.27 bits per heavy atom. The van der Waals surface area contributed by atoms with Gasteiger partial charge in [0.15, 0.2) is 0 Å². The molecule has 2 nitrogen and oxygen atoms in total. The molecule has 0 spiro atoms. The molecule has 0 amide bonds. The Labute approximate surface area is 104 Å². The minimum atomic E-state index is 0.509. The molecule has 15 heavy (non-hydrogen) atoms. The molecule has 1 heterocycles. The fraction of sp³-hybridized carbons (Fsp3) is 0.273. The molecule has 0 saturated heterocycles. The molecule has 1 atom stereocenters. The molecule has 2 rings (SSSR count). The number of hydrogen-bond donors (Lipinski definition) is 0. The lowest BCUT2D eigenvalue weighted by Crippen LogP contribution is -1.95. The Morgan fingerprint density at radius 1 is 1.40 bits per heavy atom. The first-order valence-corrected chi connectivity index (χ1v) is 8.76. The lowest BCUT2D eigenvalue weighted by Gasteiger charge is -2.09. The highest BCUT2D eigenvalue weighted by Gasteiger charge is 2.10. The first kappa shape index (κ1) is 11.5. The molecule has 0 N–H and O–H groups in total. The monoisotopic (exact) mass is 334 g/mol. The van der Waals surface area contributed by atoms with Crippen LogP contribution in [0.15, 0.2) is 30.3 Å². The second-order valence-corrected chi connectivity index (χ2v) is 5.03. The zero-order valence-electron chi connectivity index (χ0n) is 8.20. The molecule has 0 aliphatic carbocycles. The van der Waals surface area contributed by atoms with Crippen LogP contribution in [0, 0.1) is 0 Å². The summed E-state index contributed by atoms with van der Waals surface area (Å²) in [5, 5.41) is 0. The van der Waals surface area contributed by atoms with Crippen molar-refractivity contribution in [1.82, 2.24) is 0 Å². The number of hydrogen-bond acceptors (Lipinski definition) is 2. The van der Waals surface area contributed by atoms with Crippen LogP contribution in [-0.4, -0.2) is 13.2 Å². The molecular weight excluding hydrogens is 322 g/mol. The number of ether oxygens (including phenoxy) is 1. The second kappa shape index (κ2) is 5.94. The molecule has 0 saturated carbocycles. The van der Waals surface area contributed by atoms with E-state index in [0.29, 0.717) is 13.1 Å². The lowest BCUT2D eigenvalue weighted by atomic mass is 10.0. The van der Waals surface area contributed by atoms with Gasteiger partial charge in [-0.05, 0) is 38.7 Å². The van der Waals surface area contributed by atoms with Gasteiger partial charge in [0.2, 0.25) is 0 Å². The average Bonchev–Trinajstić information content (AvgIpc) is 2.80. The number of halogens is 1. The van der Waals surface area contributed by atoms with Crippen LogP contribution < -0.4 is 0 Å². The van der Waals surface area contributed by atoms with Gasteiger partial charge in [-0.25, -0.2) is 0 Å². The van der Waals surface area contributed by atoms with Crippen molar-refractivity contribution in [3.8, 4) is 0 Å². The molecule has 1 aliphatic heterocycles. The predicted molar refractivity (Wildman–Crippen MR) is 72.4 cm³/mol. The van der Waals surface area contributed by atoms with Gasteiger partial charge >= 0.3 is 0 Å². The van der Waals surface area contributed by atoms with E-state index in [2.05, 4.69) is 52.4 Å². The van der Waals surface area contributed by atoms with Crippen molar-refractivity contribution in [2.45, 2.75) is 6.61 Å². The van der Waals surface area contributed by atoms with Crippen molar-refractivity contribution in [3.05, 3.63) is 41.5 Å². The minimum absolute atomic E-state index is 0.509. The summed E-state index contributed by atoms with van der Waals surface area (Å²) in [6.07, 6.45) is 2.14. The molecule has 4 heteroatoms. The van der Waals surface area contributed by atoms with Crippen molar-refractivity contribution >= 4 is 34.1 Å². The zero-order chi connectivity index (χ0) is 10.5. The highest BCUT2D eigenvalue weighted by molar-refractivity contribution is 14.2. The maximum atomic E-state index is 5.47. The van der Waals surface area contributed by atoms with Crippen molar-refractivity contribution in [3.63, 3.8) is 0 Å². The van der Waals surface area contributed by atoms with Gasteiger partial charge in [0, 0.05) is 0 Å². The highest BCUT2D eigenvalue weighted by Crippen LogP contribution is 2.28. The van der Waals surface area contributed by atoms with Crippen LogP contribution in [0.5, 0.6) is 0 Å². The number of benzene rings is 1. The standard InChI is InChI=1S/C11H12IO2P/c12-15-14-8-9-3-1-2-4-11(9)10-5-6-13-7-10/h1-5,15H,6-8H2. The minimum Gasteiger partial charge on any atom is -0.373 e. The van der Waals surface area contributed by atoms with Crippen LogP contribution in [-0.2, 0) is 15.9 Å². The Bertz CT molecular complexity index is 365. The summed E-state index contributed by atoms with van der Waals surface area (Å²) in [6.45, 7) is 2.66. The second-order valence-electron chi connectivity index (χ2n) is 3.27. The first-order chi connectivity index (χ1) is 7.42. The Morgan fingerprint density at radius 3 is 3.00 bits per heavy atom. The van der Waals surface area contributed by atoms with Gasteiger partial charge in [-0.1, -0.05) is 30.3 Å². The third-order valence-corrected chi connectivity index (χ3v) is 3.54. The SMILES string of the molecule is IPOCc1ccccc1C1=CCOC1. The quantitative estimate of drug-likeness (QED) is 0.619. The largest absolute Gasteiger partial charge is 0.373 e. The summed E-state index contributed by atoms with van der Waals surface area (Å²) in [4.78, 5) is 0. The topological polar surface area (TPSA) is 18.5 Å². The molecule has 0 bridgehead atoms. The Hall–Kier alpha value is 0.0400. The van der Waals surface area contributed by atoms with Crippen LogP contribution in [0.4, 0.5) is 0 Å². The smallest absolute Gasteiger partial charge is 0.0798 e. The molecule has 0 aromatic heterocycles. The predicted octanol–water partition coefficient (Wildman–Crippen LogP) is 3.56. The van der Waals surface area contributed by atoms with Crippen LogP contribution in [0.2, 0.25) is 0 Å². The van der Waals surface area contributed by atoms with E-state index in [4.69, 9.17) is 9.26 Å². The van der Waals surface area contributed by atoms with Gasteiger partial charge in [-0.3, -0.25) is 0 Å². The third-order valence-electron chi connectivity index (χ3n) is 2.35. The van der Waals surface area contributed by atoms with E-state index in [9.17, 15) is 0 Å². The van der Waals surface area contributed by atoms with E-state index in [-0.39, 0.29) is 0 Å². The average molecular weight is 334 g/mol. The summed E-state index contributed by atoms with van der Waals surface area (Å²) in [5.41, 5.74) is 3.80. The lowest BCUT2D eigenvalue weighted by molar-refractivity contribution is 0.216. The van der Waals surface area contributed by atoms with Crippen LogP contribution in [0.25, 0.3) is 5.57 Å². The van der Waals surface area contributed by atoms with Crippen LogP contribution in [0.1, 0.15) is 11.1 Å². The maximum absolute atomic E-state index is 5.47. The maximum Gasteiger partial charge on any atom is 0.0798 e. The fourth-order valence-corrected chi connectivity index (χ4v) is 2.32. The molecule has 80 valence electrons. The normalized spacial score (nSPS) is 16.2. The van der Waals surface area contributed by atoms with Crippen molar-refractivity contribution in [2.24, 2.45) is 0 Å². The molecule has 0 radical (unpaired) electrons. The van der Waals surface area contributed by atoms with Crippen molar-refractivity contribution in [2.75, 3.05) is 13.2 Å². The summed E-state index contributed by atoms with van der Waals surface area (Å²) < 4.78 is 10.8. The molecule has 1 unspecified atom stereocenters. The zero-order valence-corrected chi connectivity index (χ0v) is 11.4. The van der Waals surface area contributed by atoms with Gasteiger partial charge in [0.05, 0.1) is 26.3 Å². The van der Waals surface area contributed by atoms with E-state index >= 15 is 0 Å². The van der Waals surface area contributed by atoms with E-state index in [1.54, 1.807) is 0 Å². The highest BCUT2D eigenvalue weighted by atomic mass is 127. The number of rotatable bonds is 4. The summed E-state index contributed by atoms with van der Waals surface area (Å²) in [6, 6.07) is 8.36. The first-order valence-electron chi connectivity index (χ1n) is 4.74. The van der Waals surface area contributed by atoms with E-state index in [0.717, 1.165) is 13.2 Å². The molecule has 1 aromatic carbocycles. The summed E-state index contributed by atoms with van der Waals surface area (Å²) in [7, 11) is 0. The Balaban J connectivity index is 2.21. The van der Waals surface area contributed by atoms with Gasteiger partial charge in [0.1, 0.15) is 0 Å². The van der Waals surface area contributed by atoms with Gasteiger partial charge < -0.3 is 9.26 Å². The summed E-state index contributed by atoms with van der Waals surface area (Å²) in [5.74, 6) is 0. The third kappa shape index (κ3) is 3.00.